The van der Waals surface area contributed by atoms with Crippen molar-refractivity contribution in [2.24, 2.45) is 5.73 Å². The van der Waals surface area contributed by atoms with E-state index in [0.717, 1.165) is 0 Å². The number of hydrogen-bond donors (Lipinski definition) is 1. The smallest absolute Gasteiger partial charge is 0.168 e. The number of halogens is 2. The molecule has 0 aliphatic carbocycles. The molecule has 2 N–H and O–H groups in total. The van der Waals surface area contributed by atoms with E-state index >= 15 is 0 Å². The summed E-state index contributed by atoms with van der Waals surface area (Å²) in [7, 11) is 0. The van der Waals surface area contributed by atoms with Crippen molar-refractivity contribution in [1.82, 2.24) is 0 Å². The number of benzene rings is 2. The molecule has 0 amide bonds. The molecule has 0 aliphatic rings. The third kappa shape index (κ3) is 3.03. The lowest BCUT2D eigenvalue weighted by molar-refractivity contribution is 0.440. The molecule has 2 aromatic rings. The molecule has 0 aliphatic heterocycles. The second kappa shape index (κ2) is 5.55. The van der Waals surface area contributed by atoms with E-state index in [-0.39, 0.29) is 10.7 Å². The van der Waals surface area contributed by atoms with Gasteiger partial charge in [0, 0.05) is 11.6 Å². The summed E-state index contributed by atoms with van der Waals surface area (Å²) in [6, 6.07) is 9.79. The Morgan fingerprint density at radius 2 is 2.05 bits per heavy atom. The van der Waals surface area contributed by atoms with Crippen LogP contribution in [0.1, 0.15) is 11.1 Å². The van der Waals surface area contributed by atoms with Crippen LogP contribution in [0.3, 0.4) is 0 Å². The summed E-state index contributed by atoms with van der Waals surface area (Å²) in [6.07, 6.45) is 0. The van der Waals surface area contributed by atoms with E-state index in [1.165, 1.54) is 0 Å². The predicted octanol–water partition coefficient (Wildman–Crippen LogP) is 4.21. The van der Waals surface area contributed by atoms with E-state index in [1.54, 1.807) is 43.3 Å². The minimum Gasteiger partial charge on any atom is -0.454 e. The van der Waals surface area contributed by atoms with Crippen molar-refractivity contribution >= 4 is 28.8 Å². The molecule has 5 heteroatoms. The number of rotatable bonds is 3. The van der Waals surface area contributed by atoms with Crippen molar-refractivity contribution in [3.63, 3.8) is 0 Å². The first-order valence-corrected chi connectivity index (χ1v) is 6.30. The number of nitrogens with two attached hydrogens (primary N) is 1. The van der Waals surface area contributed by atoms with E-state index in [4.69, 9.17) is 34.3 Å². The van der Waals surface area contributed by atoms with E-state index < -0.39 is 5.82 Å². The predicted molar refractivity (Wildman–Crippen MR) is 78.6 cm³/mol. The molecular weight excluding hydrogens is 285 g/mol. The highest BCUT2D eigenvalue weighted by Crippen LogP contribution is 2.29. The van der Waals surface area contributed by atoms with Gasteiger partial charge in [0.25, 0.3) is 0 Å². The van der Waals surface area contributed by atoms with Crippen molar-refractivity contribution in [2.45, 2.75) is 6.92 Å². The van der Waals surface area contributed by atoms with Crippen molar-refractivity contribution in [3.8, 4) is 11.5 Å². The highest BCUT2D eigenvalue weighted by molar-refractivity contribution is 7.80. The molecule has 0 fully saturated rings. The molecule has 0 unspecified atom stereocenters. The monoisotopic (exact) mass is 295 g/mol. The maximum Gasteiger partial charge on any atom is 0.168 e. The molecular formula is C14H11ClFNOS. The van der Waals surface area contributed by atoms with Crippen molar-refractivity contribution in [1.29, 1.82) is 0 Å². The summed E-state index contributed by atoms with van der Waals surface area (Å²) >= 11 is 10.9. The molecule has 0 saturated heterocycles. The Balaban J connectivity index is 2.32. The van der Waals surface area contributed by atoms with Crippen LogP contribution in [0.5, 0.6) is 11.5 Å². The Bertz CT molecular complexity index is 645. The van der Waals surface area contributed by atoms with Crippen molar-refractivity contribution in [2.75, 3.05) is 0 Å². The first-order valence-electron chi connectivity index (χ1n) is 5.51. The van der Waals surface area contributed by atoms with E-state index in [0.29, 0.717) is 21.9 Å². The number of aryl methyl sites for hydroxylation is 1. The van der Waals surface area contributed by atoms with Crippen LogP contribution >= 0.6 is 23.8 Å². The van der Waals surface area contributed by atoms with E-state index in [9.17, 15) is 4.39 Å². The Hall–Kier alpha value is -1.65. The average molecular weight is 296 g/mol. The molecule has 0 spiro atoms. The minimum absolute atomic E-state index is 0.152. The number of ether oxygens (including phenoxy) is 1. The normalized spacial score (nSPS) is 10.3. The van der Waals surface area contributed by atoms with Gasteiger partial charge >= 0.3 is 0 Å². The van der Waals surface area contributed by atoms with Gasteiger partial charge in [-0.3, -0.25) is 0 Å². The van der Waals surface area contributed by atoms with Crippen LogP contribution in [-0.4, -0.2) is 4.99 Å². The van der Waals surface area contributed by atoms with Crippen molar-refractivity contribution < 1.29 is 9.13 Å². The van der Waals surface area contributed by atoms with Crippen LogP contribution in [-0.2, 0) is 0 Å². The molecule has 0 heterocycles. The van der Waals surface area contributed by atoms with Crippen LogP contribution in [0.15, 0.2) is 36.4 Å². The lowest BCUT2D eigenvalue weighted by Gasteiger charge is -2.09. The quantitative estimate of drug-likeness (QED) is 0.861. The van der Waals surface area contributed by atoms with Crippen LogP contribution < -0.4 is 10.5 Å². The zero-order chi connectivity index (χ0) is 14.0. The van der Waals surface area contributed by atoms with Crippen LogP contribution in [0, 0.1) is 12.7 Å². The fraction of sp³-hybridized carbons (Fsp3) is 0.0714. The topological polar surface area (TPSA) is 35.2 Å². The number of thiocarbonyl (C=S) groups is 1. The van der Waals surface area contributed by atoms with Gasteiger partial charge in [0.05, 0.1) is 5.02 Å². The molecule has 2 rings (SSSR count). The lowest BCUT2D eigenvalue weighted by atomic mass is 10.2. The molecule has 98 valence electrons. The summed E-state index contributed by atoms with van der Waals surface area (Å²) in [5.74, 6) is 0.186. The Morgan fingerprint density at radius 1 is 1.32 bits per heavy atom. The standard InChI is InChI=1S/C14H11ClFNOS/c1-8-3-2-4-12(13(8)16)18-9-5-6-10(14(17)19)11(15)7-9/h2-7H,1H3,(H2,17,19). The first kappa shape index (κ1) is 13.8. The highest BCUT2D eigenvalue weighted by Gasteiger charge is 2.09. The van der Waals surface area contributed by atoms with Gasteiger partial charge in [-0.2, -0.15) is 0 Å². The van der Waals surface area contributed by atoms with Crippen LogP contribution in [0.4, 0.5) is 4.39 Å². The summed E-state index contributed by atoms with van der Waals surface area (Å²) in [4.78, 5) is 0.207. The molecule has 0 atom stereocenters. The fourth-order valence-electron chi connectivity index (χ4n) is 1.59. The first-order chi connectivity index (χ1) is 8.99. The summed E-state index contributed by atoms with van der Waals surface area (Å²) in [5.41, 5.74) is 6.59. The summed E-state index contributed by atoms with van der Waals surface area (Å²) in [5, 5.41) is 0.373. The van der Waals surface area contributed by atoms with Gasteiger partial charge in [-0.1, -0.05) is 36.0 Å². The molecule has 0 radical (unpaired) electrons. The Kier molecular flexibility index (Phi) is 4.02. The maximum absolute atomic E-state index is 13.8. The van der Waals surface area contributed by atoms with Gasteiger partial charge in [-0.15, -0.1) is 0 Å². The SMILES string of the molecule is Cc1cccc(Oc2ccc(C(N)=S)c(Cl)c2)c1F. The number of hydrogen-bond acceptors (Lipinski definition) is 2. The third-order valence-corrected chi connectivity index (χ3v) is 3.12. The molecule has 0 saturated carbocycles. The van der Waals surface area contributed by atoms with Gasteiger partial charge in [0.1, 0.15) is 10.7 Å². The van der Waals surface area contributed by atoms with Crippen LogP contribution in [0.2, 0.25) is 5.02 Å². The molecule has 19 heavy (non-hydrogen) atoms. The molecule has 0 bridgehead atoms. The average Bonchev–Trinajstić information content (AvgIpc) is 2.34. The lowest BCUT2D eigenvalue weighted by Crippen LogP contribution is -2.09. The van der Waals surface area contributed by atoms with Crippen molar-refractivity contribution in [3.05, 3.63) is 58.4 Å². The minimum atomic E-state index is -0.392. The van der Waals surface area contributed by atoms with Gasteiger partial charge in [0.2, 0.25) is 0 Å². The third-order valence-electron chi connectivity index (χ3n) is 2.59. The molecule has 2 nitrogen and oxygen atoms in total. The van der Waals surface area contributed by atoms with Gasteiger partial charge < -0.3 is 10.5 Å². The fourth-order valence-corrected chi connectivity index (χ4v) is 2.09. The second-order valence-electron chi connectivity index (χ2n) is 3.99. The highest BCUT2D eigenvalue weighted by atomic mass is 35.5. The zero-order valence-electron chi connectivity index (χ0n) is 10.1. The van der Waals surface area contributed by atoms with Gasteiger partial charge in [-0.05, 0) is 30.7 Å². The molecule has 2 aromatic carbocycles. The maximum atomic E-state index is 13.8. The Labute approximate surface area is 120 Å². The molecule has 0 aromatic heterocycles. The van der Waals surface area contributed by atoms with Gasteiger partial charge in [-0.25, -0.2) is 4.39 Å². The second-order valence-corrected chi connectivity index (χ2v) is 4.84. The summed E-state index contributed by atoms with van der Waals surface area (Å²) < 4.78 is 19.3. The largest absolute Gasteiger partial charge is 0.454 e. The van der Waals surface area contributed by atoms with Crippen LogP contribution in [0.25, 0.3) is 0 Å². The van der Waals surface area contributed by atoms with E-state index in [2.05, 4.69) is 0 Å². The van der Waals surface area contributed by atoms with E-state index in [1.807, 2.05) is 0 Å². The Morgan fingerprint density at radius 3 is 2.68 bits per heavy atom. The zero-order valence-corrected chi connectivity index (χ0v) is 11.7. The van der Waals surface area contributed by atoms with Gasteiger partial charge in [0.15, 0.2) is 11.6 Å². The summed E-state index contributed by atoms with van der Waals surface area (Å²) in [6.45, 7) is 1.67.